The topological polar surface area (TPSA) is 39.7 Å². The van der Waals surface area contributed by atoms with Gasteiger partial charge in [0.15, 0.2) is 5.96 Å². The third-order valence-electron chi connectivity index (χ3n) is 2.23. The van der Waals surface area contributed by atoms with Crippen LogP contribution in [-0.2, 0) is 0 Å². The molecular formula is C11H27IN4. The molecule has 0 aliphatic heterocycles. The number of likely N-dealkylation sites (N-methyl/N-ethyl adjacent to an activating group) is 1. The van der Waals surface area contributed by atoms with Gasteiger partial charge in [0.05, 0.1) is 0 Å². The van der Waals surface area contributed by atoms with Gasteiger partial charge >= 0.3 is 0 Å². The van der Waals surface area contributed by atoms with Crippen LogP contribution in [0.5, 0.6) is 0 Å². The quantitative estimate of drug-likeness (QED) is 0.435. The van der Waals surface area contributed by atoms with Gasteiger partial charge in [-0.2, -0.15) is 0 Å². The Kier molecular flexibility index (Phi) is 13.1. The fraction of sp³-hybridized carbons (Fsp3) is 0.909. The Morgan fingerprint density at radius 1 is 1.31 bits per heavy atom. The molecule has 16 heavy (non-hydrogen) atoms. The van der Waals surface area contributed by atoms with Gasteiger partial charge < -0.3 is 15.5 Å². The number of guanidine groups is 1. The van der Waals surface area contributed by atoms with E-state index >= 15 is 0 Å². The van der Waals surface area contributed by atoms with Crippen molar-refractivity contribution in [1.29, 1.82) is 0 Å². The van der Waals surface area contributed by atoms with Crippen molar-refractivity contribution < 1.29 is 0 Å². The first-order valence-corrected chi connectivity index (χ1v) is 5.73. The maximum absolute atomic E-state index is 4.16. The number of aliphatic imine (C=N–C) groups is 1. The van der Waals surface area contributed by atoms with Crippen molar-refractivity contribution in [3.05, 3.63) is 0 Å². The molecule has 98 valence electrons. The van der Waals surface area contributed by atoms with Gasteiger partial charge in [-0.15, -0.1) is 24.0 Å². The fourth-order valence-electron chi connectivity index (χ4n) is 1.04. The van der Waals surface area contributed by atoms with Crippen molar-refractivity contribution in [2.45, 2.75) is 20.8 Å². The van der Waals surface area contributed by atoms with Crippen LogP contribution < -0.4 is 10.6 Å². The molecule has 0 aliphatic carbocycles. The summed E-state index contributed by atoms with van der Waals surface area (Å²) in [6.45, 7) is 10.5. The molecule has 0 saturated carbocycles. The summed E-state index contributed by atoms with van der Waals surface area (Å²) in [5, 5.41) is 6.57. The van der Waals surface area contributed by atoms with Gasteiger partial charge in [-0.1, -0.05) is 20.8 Å². The molecule has 0 rings (SSSR count). The molecule has 0 atom stereocenters. The number of rotatable bonds is 6. The lowest BCUT2D eigenvalue weighted by Crippen LogP contribution is -2.42. The largest absolute Gasteiger partial charge is 0.356 e. The smallest absolute Gasteiger partial charge is 0.191 e. The van der Waals surface area contributed by atoms with Crippen LogP contribution in [-0.4, -0.2) is 51.1 Å². The lowest BCUT2D eigenvalue weighted by Gasteiger charge is -2.17. The molecule has 0 bridgehead atoms. The van der Waals surface area contributed by atoms with Crippen molar-refractivity contribution in [3.63, 3.8) is 0 Å². The predicted molar refractivity (Wildman–Crippen MR) is 82.8 cm³/mol. The van der Waals surface area contributed by atoms with Crippen LogP contribution >= 0.6 is 24.0 Å². The third-order valence-corrected chi connectivity index (χ3v) is 2.23. The first kappa shape index (κ1) is 18.3. The molecular weight excluding hydrogens is 315 g/mol. The molecule has 0 radical (unpaired) electrons. The molecule has 5 heteroatoms. The van der Waals surface area contributed by atoms with Crippen LogP contribution in [0.1, 0.15) is 20.8 Å². The van der Waals surface area contributed by atoms with Crippen LogP contribution in [0.15, 0.2) is 4.99 Å². The second-order valence-corrected chi connectivity index (χ2v) is 4.17. The normalized spacial score (nSPS) is 11.6. The molecule has 4 nitrogen and oxygen atoms in total. The summed E-state index contributed by atoms with van der Waals surface area (Å²) >= 11 is 0. The van der Waals surface area contributed by atoms with Gasteiger partial charge in [0.25, 0.3) is 0 Å². The number of hydrogen-bond donors (Lipinski definition) is 2. The number of hydrogen-bond acceptors (Lipinski definition) is 2. The standard InChI is InChI=1S/C11H26N4.HI/c1-6-15(5)8-7-13-11(12-4)14-9-10(2)3;/h10H,6-9H2,1-5H3,(H2,12,13,14);1H. The summed E-state index contributed by atoms with van der Waals surface area (Å²) in [6, 6.07) is 0. The van der Waals surface area contributed by atoms with Crippen LogP contribution in [0, 0.1) is 5.92 Å². The number of nitrogens with one attached hydrogen (secondary N) is 2. The van der Waals surface area contributed by atoms with Crippen molar-refractivity contribution in [2.24, 2.45) is 10.9 Å². The van der Waals surface area contributed by atoms with Crippen molar-refractivity contribution in [1.82, 2.24) is 15.5 Å². The van der Waals surface area contributed by atoms with Gasteiger partial charge in [0, 0.05) is 26.7 Å². The van der Waals surface area contributed by atoms with Crippen LogP contribution in [0.2, 0.25) is 0 Å². The first-order chi connectivity index (χ1) is 7.10. The molecule has 2 N–H and O–H groups in total. The maximum Gasteiger partial charge on any atom is 0.191 e. The predicted octanol–water partition coefficient (Wildman–Crippen LogP) is 1.38. The maximum atomic E-state index is 4.16. The van der Waals surface area contributed by atoms with E-state index in [4.69, 9.17) is 0 Å². The van der Waals surface area contributed by atoms with Crippen molar-refractivity contribution in [3.8, 4) is 0 Å². The Bertz CT molecular complexity index is 183. The van der Waals surface area contributed by atoms with Crippen molar-refractivity contribution in [2.75, 3.05) is 40.3 Å². The van der Waals surface area contributed by atoms with E-state index < -0.39 is 0 Å². The van der Waals surface area contributed by atoms with Gasteiger partial charge in [0.1, 0.15) is 0 Å². The van der Waals surface area contributed by atoms with Gasteiger partial charge in [0.2, 0.25) is 0 Å². The summed E-state index contributed by atoms with van der Waals surface area (Å²) in [7, 11) is 3.92. The van der Waals surface area contributed by atoms with E-state index in [1.165, 1.54) is 0 Å². The van der Waals surface area contributed by atoms with Crippen LogP contribution in [0.4, 0.5) is 0 Å². The molecule has 0 fully saturated rings. The molecule has 0 heterocycles. The number of nitrogens with zero attached hydrogens (tertiary/aromatic N) is 2. The molecule has 0 aromatic carbocycles. The van der Waals surface area contributed by atoms with E-state index in [0.717, 1.165) is 32.1 Å². The summed E-state index contributed by atoms with van der Waals surface area (Å²) in [5.41, 5.74) is 0. The summed E-state index contributed by atoms with van der Waals surface area (Å²) < 4.78 is 0. The lowest BCUT2D eigenvalue weighted by atomic mass is 10.2. The van der Waals surface area contributed by atoms with Crippen LogP contribution in [0.25, 0.3) is 0 Å². The average Bonchev–Trinajstić information content (AvgIpc) is 2.22. The molecule has 0 saturated heterocycles. The van der Waals surface area contributed by atoms with E-state index in [1.54, 1.807) is 7.05 Å². The minimum Gasteiger partial charge on any atom is -0.356 e. The highest BCUT2D eigenvalue weighted by Gasteiger charge is 1.99. The fourth-order valence-corrected chi connectivity index (χ4v) is 1.04. The third kappa shape index (κ3) is 10.5. The average molecular weight is 342 g/mol. The molecule has 0 unspecified atom stereocenters. The minimum atomic E-state index is 0. The zero-order valence-corrected chi connectivity index (χ0v) is 13.5. The Morgan fingerprint density at radius 2 is 1.94 bits per heavy atom. The highest BCUT2D eigenvalue weighted by atomic mass is 127. The molecule has 0 spiro atoms. The van der Waals surface area contributed by atoms with E-state index in [-0.39, 0.29) is 24.0 Å². The highest BCUT2D eigenvalue weighted by molar-refractivity contribution is 14.0. The molecule has 0 amide bonds. The Morgan fingerprint density at radius 3 is 2.38 bits per heavy atom. The van der Waals surface area contributed by atoms with Crippen molar-refractivity contribution >= 4 is 29.9 Å². The minimum absolute atomic E-state index is 0. The SMILES string of the molecule is CCN(C)CCNC(=NC)NCC(C)C.I. The summed E-state index contributed by atoms with van der Waals surface area (Å²) in [4.78, 5) is 6.43. The number of halogens is 1. The molecule has 0 aliphatic rings. The second-order valence-electron chi connectivity index (χ2n) is 4.17. The Hall–Kier alpha value is -0.0400. The van der Waals surface area contributed by atoms with Gasteiger partial charge in [-0.05, 0) is 19.5 Å². The molecule has 0 aromatic rings. The van der Waals surface area contributed by atoms with Gasteiger partial charge in [-0.25, -0.2) is 0 Å². The zero-order valence-electron chi connectivity index (χ0n) is 11.2. The second kappa shape index (κ2) is 11.4. The molecule has 0 aromatic heterocycles. The Balaban J connectivity index is 0. The van der Waals surface area contributed by atoms with E-state index in [0.29, 0.717) is 5.92 Å². The van der Waals surface area contributed by atoms with E-state index in [9.17, 15) is 0 Å². The highest BCUT2D eigenvalue weighted by Crippen LogP contribution is 1.86. The summed E-state index contributed by atoms with van der Waals surface area (Å²) in [6.07, 6.45) is 0. The summed E-state index contributed by atoms with van der Waals surface area (Å²) in [5.74, 6) is 1.54. The van der Waals surface area contributed by atoms with Crippen LogP contribution in [0.3, 0.4) is 0 Å². The first-order valence-electron chi connectivity index (χ1n) is 5.73. The van der Waals surface area contributed by atoms with E-state index in [2.05, 4.69) is 48.3 Å². The zero-order chi connectivity index (χ0) is 11.7. The van der Waals surface area contributed by atoms with E-state index in [1.807, 2.05) is 0 Å². The monoisotopic (exact) mass is 342 g/mol. The lowest BCUT2D eigenvalue weighted by molar-refractivity contribution is 0.357. The van der Waals surface area contributed by atoms with Gasteiger partial charge in [-0.3, -0.25) is 4.99 Å². The Labute approximate surface area is 117 Å².